The second-order valence-electron chi connectivity index (χ2n) is 13.2. The van der Waals surface area contributed by atoms with Gasteiger partial charge in [-0.1, -0.05) is 121 Å². The van der Waals surface area contributed by atoms with Gasteiger partial charge < -0.3 is 9.30 Å². The minimum absolute atomic E-state index is 0.611. The fourth-order valence-electron chi connectivity index (χ4n) is 7.80. The van der Waals surface area contributed by atoms with Crippen molar-refractivity contribution in [1.29, 1.82) is 0 Å². The smallest absolute Gasteiger partial charge is 0.164 e. The molecular formula is C47H28N4O. The highest BCUT2D eigenvalue weighted by atomic mass is 16.5. The molecule has 0 fully saturated rings. The second-order valence-corrected chi connectivity index (χ2v) is 13.2. The zero-order valence-electron chi connectivity index (χ0n) is 27.9. The monoisotopic (exact) mass is 664 g/mol. The average molecular weight is 665 g/mol. The molecule has 1 aliphatic rings. The van der Waals surface area contributed by atoms with Crippen LogP contribution in [0, 0.1) is 0 Å². The Morgan fingerprint density at radius 2 is 1.00 bits per heavy atom. The molecule has 3 heterocycles. The fraction of sp³-hybridized carbons (Fsp3) is 0. The maximum Gasteiger partial charge on any atom is 0.164 e. The van der Waals surface area contributed by atoms with Gasteiger partial charge in [0, 0.05) is 43.8 Å². The van der Waals surface area contributed by atoms with Crippen LogP contribution in [-0.4, -0.2) is 19.5 Å². The van der Waals surface area contributed by atoms with Crippen LogP contribution in [-0.2, 0) is 0 Å². The van der Waals surface area contributed by atoms with Gasteiger partial charge in [-0.25, -0.2) is 15.0 Å². The summed E-state index contributed by atoms with van der Waals surface area (Å²) in [5, 5.41) is 7.14. The van der Waals surface area contributed by atoms with E-state index in [9.17, 15) is 0 Å². The van der Waals surface area contributed by atoms with Crippen LogP contribution in [0.25, 0.3) is 94.3 Å². The Morgan fingerprint density at radius 3 is 1.75 bits per heavy atom. The molecule has 0 radical (unpaired) electrons. The van der Waals surface area contributed by atoms with Crippen molar-refractivity contribution in [3.63, 3.8) is 0 Å². The average Bonchev–Trinajstić information content (AvgIpc) is 3.53. The summed E-state index contributed by atoms with van der Waals surface area (Å²) in [5.41, 5.74) is 8.35. The van der Waals surface area contributed by atoms with E-state index in [2.05, 4.69) is 102 Å². The van der Waals surface area contributed by atoms with Gasteiger partial charge >= 0.3 is 0 Å². The Kier molecular flexibility index (Phi) is 6.18. The van der Waals surface area contributed by atoms with E-state index in [-0.39, 0.29) is 0 Å². The highest BCUT2D eigenvalue weighted by Crippen LogP contribution is 2.49. The van der Waals surface area contributed by atoms with Gasteiger partial charge in [0.05, 0.1) is 16.7 Å². The standard InChI is InChI=1S/C47H28N4O/c1-3-12-29(13-4-1)45-48-46(30-14-5-2-6-15-30)50-47(49-45)33-22-24-42-38(27-33)35-19-11-20-36-40(23-25-43(52-42)44(35)36)51-39-21-10-9-18-34(39)37-26-31-16-7-8-17-32(31)28-41(37)51/h1-28H. The molecular weight excluding hydrogens is 637 g/mol. The topological polar surface area (TPSA) is 52.8 Å². The van der Waals surface area contributed by atoms with Crippen LogP contribution in [0.3, 0.4) is 0 Å². The number of nitrogens with zero attached hydrogens (tertiary/aromatic N) is 4. The van der Waals surface area contributed by atoms with E-state index in [0.717, 1.165) is 55.8 Å². The van der Waals surface area contributed by atoms with Crippen molar-refractivity contribution in [3.8, 4) is 62.5 Å². The summed E-state index contributed by atoms with van der Waals surface area (Å²) in [6.07, 6.45) is 0. The van der Waals surface area contributed by atoms with Crippen molar-refractivity contribution in [3.05, 3.63) is 170 Å². The highest BCUT2D eigenvalue weighted by Gasteiger charge is 2.24. The van der Waals surface area contributed by atoms with Crippen molar-refractivity contribution < 1.29 is 4.74 Å². The van der Waals surface area contributed by atoms with Gasteiger partial charge in [-0.05, 0) is 64.9 Å². The van der Waals surface area contributed by atoms with Crippen LogP contribution < -0.4 is 4.74 Å². The Morgan fingerprint density at radius 1 is 0.385 bits per heavy atom. The summed E-state index contributed by atoms with van der Waals surface area (Å²) in [7, 11) is 0. The van der Waals surface area contributed by atoms with Crippen LogP contribution in [0.15, 0.2) is 170 Å². The number of fused-ring (bicyclic) bond motifs is 6. The Labute approximate surface area is 299 Å². The van der Waals surface area contributed by atoms with Crippen molar-refractivity contribution in [2.45, 2.75) is 0 Å². The SMILES string of the molecule is c1ccc(-c2nc(-c3ccccc3)nc(-c3ccc4c(c3)-c3cccc5c(-n6c7ccccc7c7cc8ccccc8cc76)ccc(c35)O4)n2)cc1. The molecule has 0 aliphatic carbocycles. The van der Waals surface area contributed by atoms with Crippen LogP contribution in [0.4, 0.5) is 0 Å². The lowest BCUT2D eigenvalue weighted by atomic mass is 9.92. The molecule has 10 aromatic rings. The molecule has 5 nitrogen and oxygen atoms in total. The molecule has 0 N–H and O–H groups in total. The number of hydrogen-bond donors (Lipinski definition) is 0. The number of aromatic nitrogens is 4. The first kappa shape index (κ1) is 28.7. The van der Waals surface area contributed by atoms with Gasteiger partial charge in [-0.15, -0.1) is 0 Å². The third-order valence-electron chi connectivity index (χ3n) is 10.2. The quantitative estimate of drug-likeness (QED) is 0.188. The number of benzene rings is 8. The maximum atomic E-state index is 6.67. The molecule has 11 rings (SSSR count). The molecule has 8 aromatic carbocycles. The first-order chi connectivity index (χ1) is 25.8. The van der Waals surface area contributed by atoms with Crippen molar-refractivity contribution in [1.82, 2.24) is 19.5 Å². The van der Waals surface area contributed by atoms with Gasteiger partial charge in [0.25, 0.3) is 0 Å². The van der Waals surface area contributed by atoms with E-state index in [1.54, 1.807) is 0 Å². The predicted octanol–water partition coefficient (Wildman–Crippen LogP) is 12.0. The van der Waals surface area contributed by atoms with Gasteiger partial charge in [0.15, 0.2) is 17.5 Å². The fourth-order valence-corrected chi connectivity index (χ4v) is 7.80. The summed E-state index contributed by atoms with van der Waals surface area (Å²) >= 11 is 0. The van der Waals surface area contributed by atoms with Crippen LogP contribution >= 0.6 is 0 Å². The summed E-state index contributed by atoms with van der Waals surface area (Å²) in [4.78, 5) is 14.9. The minimum Gasteiger partial charge on any atom is -0.456 e. The molecule has 0 spiro atoms. The number of ether oxygens (including phenoxy) is 1. The molecule has 242 valence electrons. The molecule has 0 atom stereocenters. The largest absolute Gasteiger partial charge is 0.456 e. The minimum atomic E-state index is 0.611. The zero-order valence-corrected chi connectivity index (χ0v) is 27.9. The molecule has 0 unspecified atom stereocenters. The summed E-state index contributed by atoms with van der Waals surface area (Å²) < 4.78 is 9.08. The Hall–Kier alpha value is -7.11. The molecule has 0 bridgehead atoms. The van der Waals surface area contributed by atoms with E-state index in [1.807, 2.05) is 72.8 Å². The van der Waals surface area contributed by atoms with E-state index in [4.69, 9.17) is 19.7 Å². The number of para-hydroxylation sites is 1. The lowest BCUT2D eigenvalue weighted by Gasteiger charge is -2.23. The second kappa shape index (κ2) is 11.2. The van der Waals surface area contributed by atoms with Gasteiger partial charge in [-0.2, -0.15) is 0 Å². The van der Waals surface area contributed by atoms with Gasteiger partial charge in [0.2, 0.25) is 0 Å². The predicted molar refractivity (Wildman–Crippen MR) is 211 cm³/mol. The summed E-state index contributed by atoms with van der Waals surface area (Å²) in [6.45, 7) is 0. The van der Waals surface area contributed by atoms with E-state index in [1.165, 1.54) is 32.6 Å². The molecule has 0 saturated carbocycles. The summed E-state index contributed by atoms with van der Waals surface area (Å²) in [6, 6.07) is 59.2. The number of rotatable bonds is 4. The maximum absolute atomic E-state index is 6.67. The first-order valence-corrected chi connectivity index (χ1v) is 17.4. The van der Waals surface area contributed by atoms with E-state index in [0.29, 0.717) is 17.5 Å². The van der Waals surface area contributed by atoms with E-state index >= 15 is 0 Å². The van der Waals surface area contributed by atoms with Crippen LogP contribution in [0.1, 0.15) is 0 Å². The first-order valence-electron chi connectivity index (χ1n) is 17.4. The third kappa shape index (κ3) is 4.39. The van der Waals surface area contributed by atoms with Crippen molar-refractivity contribution >= 4 is 43.4 Å². The molecule has 5 heteroatoms. The normalized spacial score (nSPS) is 12.0. The van der Waals surface area contributed by atoms with Crippen LogP contribution in [0.2, 0.25) is 0 Å². The lowest BCUT2D eigenvalue weighted by molar-refractivity contribution is 0.487. The van der Waals surface area contributed by atoms with Gasteiger partial charge in [0.1, 0.15) is 11.5 Å². The van der Waals surface area contributed by atoms with Crippen molar-refractivity contribution in [2.75, 3.05) is 0 Å². The lowest BCUT2D eigenvalue weighted by Crippen LogP contribution is -2.02. The molecule has 1 aliphatic heterocycles. The zero-order chi connectivity index (χ0) is 34.2. The Bertz CT molecular complexity index is 2980. The Balaban J connectivity index is 1.11. The molecule has 0 saturated heterocycles. The van der Waals surface area contributed by atoms with E-state index < -0.39 is 0 Å². The highest BCUT2D eigenvalue weighted by molar-refractivity contribution is 6.15. The van der Waals surface area contributed by atoms with Gasteiger partial charge in [-0.3, -0.25) is 0 Å². The van der Waals surface area contributed by atoms with Crippen molar-refractivity contribution in [2.24, 2.45) is 0 Å². The molecule has 0 amide bonds. The molecule has 52 heavy (non-hydrogen) atoms. The third-order valence-corrected chi connectivity index (χ3v) is 10.2. The number of hydrogen-bond acceptors (Lipinski definition) is 4. The molecule has 2 aromatic heterocycles. The van der Waals surface area contributed by atoms with Crippen LogP contribution in [0.5, 0.6) is 11.5 Å². The summed E-state index contributed by atoms with van der Waals surface area (Å²) in [5.74, 6) is 3.53.